The van der Waals surface area contributed by atoms with Crippen LogP contribution in [-0.2, 0) is 0 Å². The third-order valence-corrected chi connectivity index (χ3v) is 1.63. The van der Waals surface area contributed by atoms with Crippen LogP contribution < -0.4 is 0 Å². The molecule has 12 heavy (non-hydrogen) atoms. The molecule has 1 aliphatic carbocycles. The quantitative estimate of drug-likeness (QED) is 0.528. The molecular weight excluding hydrogens is 165 g/mol. The van der Waals surface area contributed by atoms with Crippen molar-refractivity contribution in [3.8, 4) is 0 Å². The summed E-state index contributed by atoms with van der Waals surface area (Å²) in [5, 5.41) is 0. The van der Waals surface area contributed by atoms with E-state index in [-0.39, 0.29) is 0 Å². The molecule has 0 aromatic heterocycles. The zero-order chi connectivity index (χ0) is 9.19. The second-order valence-electron chi connectivity index (χ2n) is 2.73. The lowest BCUT2D eigenvalue weighted by Crippen LogP contribution is -2.09. The fraction of sp³-hybridized carbons (Fsp3) is 0.333. The van der Waals surface area contributed by atoms with Gasteiger partial charge in [0.05, 0.1) is 5.57 Å². The molecule has 0 heterocycles. The predicted octanol–water partition coefficient (Wildman–Crippen LogP) is 3.38. The van der Waals surface area contributed by atoms with Crippen molar-refractivity contribution in [3.05, 3.63) is 35.5 Å². The molecule has 0 amide bonds. The third kappa shape index (κ3) is 2.26. The van der Waals surface area contributed by atoms with Gasteiger partial charge in [0.15, 0.2) is 0 Å². The summed E-state index contributed by atoms with van der Waals surface area (Å²) in [4.78, 5) is 0. The van der Waals surface area contributed by atoms with Crippen LogP contribution >= 0.6 is 0 Å². The van der Waals surface area contributed by atoms with E-state index in [2.05, 4.69) is 0 Å². The second-order valence-corrected chi connectivity index (χ2v) is 2.73. The largest absolute Gasteiger partial charge is 0.416 e. The standard InChI is InChI=1S/C9H9F3/c1-7-3-2-4-8(6-5-7)9(10,11)12/h2-4,6H,5H2,1H3. The SMILES string of the molecule is CC1=CC=CC(C(F)(F)F)=CC1. The number of hydrogen-bond acceptors (Lipinski definition) is 0. The summed E-state index contributed by atoms with van der Waals surface area (Å²) >= 11 is 0. The number of rotatable bonds is 0. The number of alkyl halides is 3. The highest BCUT2D eigenvalue weighted by molar-refractivity contribution is 5.32. The first kappa shape index (κ1) is 9.10. The van der Waals surface area contributed by atoms with Crippen LogP contribution in [0, 0.1) is 0 Å². The van der Waals surface area contributed by atoms with Gasteiger partial charge in [0.2, 0.25) is 0 Å². The van der Waals surface area contributed by atoms with Crippen molar-refractivity contribution in [2.45, 2.75) is 19.5 Å². The van der Waals surface area contributed by atoms with Gasteiger partial charge in [-0.05, 0) is 13.3 Å². The highest BCUT2D eigenvalue weighted by atomic mass is 19.4. The summed E-state index contributed by atoms with van der Waals surface area (Å²) in [5.41, 5.74) is 0.376. The smallest absolute Gasteiger partial charge is 0.166 e. The predicted molar refractivity (Wildman–Crippen MR) is 41.7 cm³/mol. The van der Waals surface area contributed by atoms with Crippen LogP contribution in [0.4, 0.5) is 13.2 Å². The van der Waals surface area contributed by atoms with Crippen molar-refractivity contribution in [3.63, 3.8) is 0 Å². The van der Waals surface area contributed by atoms with Gasteiger partial charge in [-0.1, -0.05) is 29.9 Å². The lowest BCUT2D eigenvalue weighted by molar-refractivity contribution is -0.0883. The first-order valence-electron chi connectivity index (χ1n) is 3.61. The van der Waals surface area contributed by atoms with Gasteiger partial charge in [-0.15, -0.1) is 0 Å². The normalized spacial score (nSPS) is 18.3. The fourth-order valence-corrected chi connectivity index (χ4v) is 0.933. The molecule has 66 valence electrons. The molecule has 0 radical (unpaired) electrons. The van der Waals surface area contributed by atoms with Gasteiger partial charge >= 0.3 is 6.18 Å². The molecule has 0 unspecified atom stereocenters. The van der Waals surface area contributed by atoms with Crippen LogP contribution in [0.1, 0.15) is 13.3 Å². The molecule has 0 bridgehead atoms. The summed E-state index contributed by atoms with van der Waals surface area (Å²) < 4.78 is 36.3. The van der Waals surface area contributed by atoms with E-state index in [0.29, 0.717) is 6.42 Å². The molecule has 3 heteroatoms. The molecule has 1 rings (SSSR count). The highest BCUT2D eigenvalue weighted by Gasteiger charge is 2.31. The molecular formula is C9H9F3. The minimum atomic E-state index is -4.21. The van der Waals surface area contributed by atoms with Gasteiger partial charge in [-0.3, -0.25) is 0 Å². The second kappa shape index (κ2) is 3.17. The minimum Gasteiger partial charge on any atom is -0.166 e. The first-order chi connectivity index (χ1) is 5.50. The Morgan fingerprint density at radius 2 is 2.00 bits per heavy atom. The monoisotopic (exact) mass is 174 g/mol. The Labute approximate surface area is 69.1 Å². The number of allylic oxidation sites excluding steroid dienone is 6. The third-order valence-electron chi connectivity index (χ3n) is 1.63. The van der Waals surface area contributed by atoms with Crippen molar-refractivity contribution in [2.24, 2.45) is 0 Å². The highest BCUT2D eigenvalue weighted by Crippen LogP contribution is 2.28. The van der Waals surface area contributed by atoms with E-state index in [9.17, 15) is 13.2 Å². The molecule has 0 saturated heterocycles. The van der Waals surface area contributed by atoms with Crippen LogP contribution in [0.2, 0.25) is 0 Å². The van der Waals surface area contributed by atoms with Crippen LogP contribution in [0.3, 0.4) is 0 Å². The summed E-state index contributed by atoms with van der Waals surface area (Å²) in [6, 6.07) is 0. The van der Waals surface area contributed by atoms with E-state index in [1.165, 1.54) is 12.2 Å². The zero-order valence-electron chi connectivity index (χ0n) is 6.65. The molecule has 0 aromatic rings. The summed E-state index contributed by atoms with van der Waals surface area (Å²) in [6.07, 6.45) is 1.58. The molecule has 0 saturated carbocycles. The van der Waals surface area contributed by atoms with Crippen molar-refractivity contribution in [1.82, 2.24) is 0 Å². The van der Waals surface area contributed by atoms with Crippen molar-refractivity contribution in [1.29, 1.82) is 0 Å². The molecule has 1 aliphatic rings. The number of halogens is 3. The Balaban J connectivity index is 2.85. The Hall–Kier alpha value is -0.990. The molecule has 0 aromatic carbocycles. The minimum absolute atomic E-state index is 0.377. The van der Waals surface area contributed by atoms with Gasteiger partial charge in [-0.25, -0.2) is 0 Å². The Bertz CT molecular complexity index is 253. The topological polar surface area (TPSA) is 0 Å². The maximum absolute atomic E-state index is 12.1. The van der Waals surface area contributed by atoms with Gasteiger partial charge < -0.3 is 0 Å². The maximum Gasteiger partial charge on any atom is 0.416 e. The number of hydrogen-bond donors (Lipinski definition) is 0. The van der Waals surface area contributed by atoms with Crippen molar-refractivity contribution < 1.29 is 13.2 Å². The molecule has 0 atom stereocenters. The average molecular weight is 174 g/mol. The summed E-state index contributed by atoms with van der Waals surface area (Å²) in [6.45, 7) is 1.81. The van der Waals surface area contributed by atoms with Gasteiger partial charge in [0.1, 0.15) is 0 Å². The first-order valence-corrected chi connectivity index (χ1v) is 3.61. The van der Waals surface area contributed by atoms with Crippen LogP contribution in [0.25, 0.3) is 0 Å². The van der Waals surface area contributed by atoms with Crippen LogP contribution in [-0.4, -0.2) is 6.18 Å². The van der Waals surface area contributed by atoms with Gasteiger partial charge in [0, 0.05) is 0 Å². The molecule has 0 spiro atoms. The van der Waals surface area contributed by atoms with Crippen LogP contribution in [0.15, 0.2) is 35.5 Å². The van der Waals surface area contributed by atoms with Gasteiger partial charge in [-0.2, -0.15) is 13.2 Å². The Morgan fingerprint density at radius 3 is 2.58 bits per heavy atom. The lowest BCUT2D eigenvalue weighted by Gasteiger charge is -2.05. The van der Waals surface area contributed by atoms with E-state index in [1.807, 2.05) is 0 Å². The average Bonchev–Trinajstić information content (AvgIpc) is 2.11. The molecule has 0 fully saturated rings. The fourth-order valence-electron chi connectivity index (χ4n) is 0.933. The summed E-state index contributed by atoms with van der Waals surface area (Å²) in [7, 11) is 0. The van der Waals surface area contributed by atoms with E-state index >= 15 is 0 Å². The molecule has 0 N–H and O–H groups in total. The molecule has 0 aliphatic heterocycles. The maximum atomic E-state index is 12.1. The van der Waals surface area contributed by atoms with Gasteiger partial charge in [0.25, 0.3) is 0 Å². The van der Waals surface area contributed by atoms with E-state index < -0.39 is 11.7 Å². The van der Waals surface area contributed by atoms with E-state index in [1.54, 1.807) is 13.0 Å². The lowest BCUT2D eigenvalue weighted by atomic mass is 10.2. The van der Waals surface area contributed by atoms with Crippen molar-refractivity contribution in [2.75, 3.05) is 0 Å². The Kier molecular flexibility index (Phi) is 2.40. The molecule has 0 nitrogen and oxygen atoms in total. The van der Waals surface area contributed by atoms with E-state index in [4.69, 9.17) is 0 Å². The van der Waals surface area contributed by atoms with E-state index in [0.717, 1.165) is 11.6 Å². The van der Waals surface area contributed by atoms with Crippen LogP contribution in [0.5, 0.6) is 0 Å². The Morgan fingerprint density at radius 1 is 1.33 bits per heavy atom. The summed E-state index contributed by atoms with van der Waals surface area (Å²) in [5.74, 6) is 0. The zero-order valence-corrected chi connectivity index (χ0v) is 6.65. The van der Waals surface area contributed by atoms with Crippen molar-refractivity contribution >= 4 is 0 Å².